The normalized spacial score (nSPS) is 17.2. The van der Waals surface area contributed by atoms with Gasteiger partial charge in [0.1, 0.15) is 11.5 Å². The summed E-state index contributed by atoms with van der Waals surface area (Å²) < 4.78 is 21.4. The minimum atomic E-state index is -0.676. The van der Waals surface area contributed by atoms with Gasteiger partial charge in [-0.25, -0.2) is 9.18 Å². The highest BCUT2D eigenvalue weighted by Crippen LogP contribution is 2.45. The molecule has 5 rings (SSSR count). The third kappa shape index (κ3) is 3.19. The van der Waals surface area contributed by atoms with Crippen LogP contribution in [0, 0.1) is 11.7 Å². The highest BCUT2D eigenvalue weighted by Gasteiger charge is 2.37. The van der Waals surface area contributed by atoms with Gasteiger partial charge in [-0.3, -0.25) is 4.79 Å². The van der Waals surface area contributed by atoms with Crippen molar-refractivity contribution in [1.82, 2.24) is 4.57 Å². The van der Waals surface area contributed by atoms with E-state index in [1.807, 2.05) is 24.3 Å². The molecule has 0 radical (unpaired) electrons. The van der Waals surface area contributed by atoms with Crippen molar-refractivity contribution < 1.29 is 18.7 Å². The molecule has 0 bridgehead atoms. The van der Waals surface area contributed by atoms with Crippen LogP contribution in [-0.2, 0) is 4.74 Å². The van der Waals surface area contributed by atoms with E-state index in [0.717, 1.165) is 42.0 Å². The van der Waals surface area contributed by atoms with Gasteiger partial charge in [0.15, 0.2) is 0 Å². The molecule has 2 aliphatic rings. The second kappa shape index (κ2) is 7.30. The van der Waals surface area contributed by atoms with Crippen molar-refractivity contribution in [3.8, 4) is 0 Å². The van der Waals surface area contributed by atoms with Gasteiger partial charge in [0, 0.05) is 19.0 Å². The molecule has 1 atom stereocenters. The zero-order valence-corrected chi connectivity index (χ0v) is 17.3. The first-order valence-electron chi connectivity index (χ1n) is 10.3. The largest absolute Gasteiger partial charge is 0.465 e. The molecule has 1 aliphatic heterocycles. The van der Waals surface area contributed by atoms with E-state index in [2.05, 4.69) is 20.5 Å². The molecular formula is C23H23FN4O3. The highest BCUT2D eigenvalue weighted by molar-refractivity contribution is 6.10. The molecule has 1 saturated carbocycles. The fourth-order valence-corrected chi connectivity index (χ4v) is 4.49. The predicted octanol–water partition coefficient (Wildman–Crippen LogP) is 4.24. The summed E-state index contributed by atoms with van der Waals surface area (Å²) in [5.74, 6) is -1.14. The summed E-state index contributed by atoms with van der Waals surface area (Å²) >= 11 is 0. The molecule has 3 aromatic rings. The Labute approximate surface area is 178 Å². The van der Waals surface area contributed by atoms with E-state index in [-0.39, 0.29) is 28.9 Å². The number of hydrogen-bond acceptors (Lipinski definition) is 5. The van der Waals surface area contributed by atoms with Gasteiger partial charge >= 0.3 is 5.97 Å². The number of esters is 1. The average Bonchev–Trinajstić information content (AvgIpc) is 3.54. The number of hydrogen-bond donors (Lipinski definition) is 3. The SMILES string of the molecule is CNc1c(F)cc(C(=O)OC)cc1NC(=O)c1cc2cccc3c2n1C(C1CC1)CN3. The quantitative estimate of drug-likeness (QED) is 0.536. The number of nitrogens with one attached hydrogen (secondary N) is 3. The second-order valence-electron chi connectivity index (χ2n) is 8.01. The van der Waals surface area contributed by atoms with Crippen LogP contribution in [0.4, 0.5) is 21.5 Å². The van der Waals surface area contributed by atoms with Crippen LogP contribution >= 0.6 is 0 Å². The van der Waals surface area contributed by atoms with E-state index in [1.54, 1.807) is 7.05 Å². The Hall–Kier alpha value is -3.55. The molecule has 0 spiro atoms. The molecule has 1 aliphatic carbocycles. The number of halogens is 1. The minimum absolute atomic E-state index is 0.0262. The Morgan fingerprint density at radius 2 is 2.03 bits per heavy atom. The van der Waals surface area contributed by atoms with Crippen molar-refractivity contribution in [2.24, 2.45) is 5.92 Å². The van der Waals surface area contributed by atoms with Crippen molar-refractivity contribution in [3.05, 3.63) is 53.5 Å². The number of benzene rings is 2. The predicted molar refractivity (Wildman–Crippen MR) is 117 cm³/mol. The average molecular weight is 422 g/mol. The number of methoxy groups -OCH3 is 1. The van der Waals surface area contributed by atoms with E-state index >= 15 is 0 Å². The summed E-state index contributed by atoms with van der Waals surface area (Å²) in [6.45, 7) is 0.764. The number of nitrogens with zero attached hydrogens (tertiary/aromatic N) is 1. The Balaban J connectivity index is 1.58. The molecule has 31 heavy (non-hydrogen) atoms. The molecule has 8 heteroatoms. The standard InChI is InChI=1S/C23H23FN4O3/c1-25-20-15(24)8-14(23(30)31-2)9-17(20)27-22(29)18-10-13-4-3-5-16-21(13)28(18)19(11-26-16)12-6-7-12/h3-5,8-10,12,19,25-26H,6-7,11H2,1-2H3,(H,27,29). The third-order valence-electron chi connectivity index (χ3n) is 6.10. The fraction of sp³-hybridized carbons (Fsp3) is 0.304. The maximum atomic E-state index is 14.6. The lowest BCUT2D eigenvalue weighted by molar-refractivity contribution is 0.0600. The molecule has 3 N–H and O–H groups in total. The van der Waals surface area contributed by atoms with Gasteiger partial charge in [0.05, 0.1) is 41.3 Å². The summed E-state index contributed by atoms with van der Waals surface area (Å²) in [5.41, 5.74) is 2.85. The molecule has 1 aromatic heterocycles. The van der Waals surface area contributed by atoms with Crippen LogP contribution in [0.2, 0.25) is 0 Å². The van der Waals surface area contributed by atoms with E-state index in [9.17, 15) is 14.0 Å². The number of carbonyl (C=O) groups is 2. The lowest BCUT2D eigenvalue weighted by Gasteiger charge is -2.29. The van der Waals surface area contributed by atoms with Crippen LogP contribution in [0.15, 0.2) is 36.4 Å². The van der Waals surface area contributed by atoms with Gasteiger partial charge in [0.25, 0.3) is 5.91 Å². The Kier molecular flexibility index (Phi) is 4.57. The molecule has 2 heterocycles. The number of amides is 1. The van der Waals surface area contributed by atoms with Crippen LogP contribution in [0.3, 0.4) is 0 Å². The Morgan fingerprint density at radius 1 is 1.23 bits per heavy atom. The molecule has 160 valence electrons. The van der Waals surface area contributed by atoms with Crippen LogP contribution in [0.25, 0.3) is 10.9 Å². The summed E-state index contributed by atoms with van der Waals surface area (Å²) in [5, 5.41) is 10.0. The Morgan fingerprint density at radius 3 is 2.74 bits per heavy atom. The summed E-state index contributed by atoms with van der Waals surface area (Å²) in [7, 11) is 2.79. The first-order chi connectivity index (χ1) is 15.0. The number of carbonyl (C=O) groups excluding carboxylic acids is 2. The topological polar surface area (TPSA) is 84.4 Å². The smallest absolute Gasteiger partial charge is 0.338 e. The molecule has 1 unspecified atom stereocenters. The number of aromatic nitrogens is 1. The molecular weight excluding hydrogens is 399 g/mol. The van der Waals surface area contributed by atoms with Crippen molar-refractivity contribution in [3.63, 3.8) is 0 Å². The minimum Gasteiger partial charge on any atom is -0.465 e. The van der Waals surface area contributed by atoms with Gasteiger partial charge in [0.2, 0.25) is 0 Å². The summed E-state index contributed by atoms with van der Waals surface area (Å²) in [6, 6.07) is 10.5. The number of rotatable bonds is 5. The van der Waals surface area contributed by atoms with Crippen LogP contribution in [0.1, 0.15) is 39.7 Å². The van der Waals surface area contributed by atoms with E-state index in [1.165, 1.54) is 13.2 Å². The van der Waals surface area contributed by atoms with Crippen molar-refractivity contribution >= 4 is 39.8 Å². The lowest BCUT2D eigenvalue weighted by atomic mass is 10.1. The first kappa shape index (κ1) is 19.4. The van der Waals surface area contributed by atoms with Crippen LogP contribution < -0.4 is 16.0 Å². The number of anilines is 3. The molecule has 7 nitrogen and oxygen atoms in total. The molecule has 1 fully saturated rings. The zero-order valence-electron chi connectivity index (χ0n) is 17.3. The van der Waals surface area contributed by atoms with Crippen LogP contribution in [-0.4, -0.2) is 37.1 Å². The highest BCUT2D eigenvalue weighted by atomic mass is 19.1. The van der Waals surface area contributed by atoms with Gasteiger partial charge < -0.3 is 25.3 Å². The van der Waals surface area contributed by atoms with Gasteiger partial charge in [-0.05, 0) is 43.0 Å². The first-order valence-corrected chi connectivity index (χ1v) is 10.3. The van der Waals surface area contributed by atoms with Gasteiger partial charge in [-0.1, -0.05) is 12.1 Å². The van der Waals surface area contributed by atoms with Crippen molar-refractivity contribution in [2.45, 2.75) is 18.9 Å². The summed E-state index contributed by atoms with van der Waals surface area (Å²) in [6.07, 6.45) is 2.29. The Bertz CT molecular complexity index is 1220. The fourth-order valence-electron chi connectivity index (χ4n) is 4.49. The third-order valence-corrected chi connectivity index (χ3v) is 6.10. The maximum Gasteiger partial charge on any atom is 0.338 e. The zero-order chi connectivity index (χ0) is 21.7. The van der Waals surface area contributed by atoms with Gasteiger partial charge in [-0.2, -0.15) is 0 Å². The van der Waals surface area contributed by atoms with E-state index in [0.29, 0.717) is 11.6 Å². The molecule has 2 aromatic carbocycles. The second-order valence-corrected chi connectivity index (χ2v) is 8.01. The van der Waals surface area contributed by atoms with Gasteiger partial charge in [-0.15, -0.1) is 0 Å². The summed E-state index contributed by atoms with van der Waals surface area (Å²) in [4.78, 5) is 25.3. The van der Waals surface area contributed by atoms with Crippen molar-refractivity contribution in [2.75, 3.05) is 36.7 Å². The number of para-hydroxylation sites is 1. The molecule has 1 amide bonds. The maximum absolute atomic E-state index is 14.6. The lowest BCUT2D eigenvalue weighted by Crippen LogP contribution is -2.29. The van der Waals surface area contributed by atoms with Crippen molar-refractivity contribution in [1.29, 1.82) is 0 Å². The van der Waals surface area contributed by atoms with E-state index in [4.69, 9.17) is 4.74 Å². The molecule has 0 saturated heterocycles. The monoisotopic (exact) mass is 422 g/mol. The van der Waals surface area contributed by atoms with E-state index < -0.39 is 11.8 Å². The van der Waals surface area contributed by atoms with Crippen LogP contribution in [0.5, 0.6) is 0 Å². The number of ether oxygens (including phenoxy) is 1.